The molecule has 0 aliphatic rings. The van der Waals surface area contributed by atoms with Gasteiger partial charge in [-0.15, -0.1) is 5.75 Å². The summed E-state index contributed by atoms with van der Waals surface area (Å²) in [4.78, 5) is 11.1. The molecular formula is C13H7Cl2O3-. The normalized spacial score (nSPS) is 10.3. The molecule has 2 aromatic carbocycles. The minimum Gasteiger partial charge on any atom is -0.872 e. The van der Waals surface area contributed by atoms with Gasteiger partial charge in [-0.25, -0.2) is 4.79 Å². The molecule has 0 atom stereocenters. The van der Waals surface area contributed by atoms with Gasteiger partial charge in [-0.05, 0) is 23.8 Å². The van der Waals surface area contributed by atoms with Crippen LogP contribution in [0.2, 0.25) is 10.0 Å². The number of rotatable bonds is 2. The fourth-order valence-electron chi connectivity index (χ4n) is 1.68. The second-order valence-electron chi connectivity index (χ2n) is 3.61. The number of carboxylic acids is 1. The monoisotopic (exact) mass is 281 g/mol. The van der Waals surface area contributed by atoms with E-state index in [-0.39, 0.29) is 21.9 Å². The maximum Gasteiger partial charge on any atom is 0.336 e. The third kappa shape index (κ3) is 2.28. The van der Waals surface area contributed by atoms with E-state index in [9.17, 15) is 9.90 Å². The van der Waals surface area contributed by atoms with Gasteiger partial charge in [-0.3, -0.25) is 0 Å². The molecule has 0 saturated carbocycles. The van der Waals surface area contributed by atoms with Crippen LogP contribution in [0.15, 0.2) is 36.4 Å². The van der Waals surface area contributed by atoms with Gasteiger partial charge in [-0.1, -0.05) is 41.4 Å². The van der Waals surface area contributed by atoms with Crippen LogP contribution in [0.3, 0.4) is 0 Å². The van der Waals surface area contributed by atoms with Crippen molar-refractivity contribution in [2.75, 3.05) is 0 Å². The highest BCUT2D eigenvalue weighted by molar-refractivity contribution is 6.36. The van der Waals surface area contributed by atoms with Crippen LogP contribution >= 0.6 is 23.2 Å². The molecule has 1 N–H and O–H groups in total. The number of hydrogen-bond acceptors (Lipinski definition) is 2. The Morgan fingerprint density at radius 2 is 1.89 bits per heavy atom. The molecule has 2 aromatic rings. The zero-order valence-electron chi connectivity index (χ0n) is 8.98. The van der Waals surface area contributed by atoms with Gasteiger partial charge in [0.05, 0.1) is 5.56 Å². The highest BCUT2D eigenvalue weighted by Gasteiger charge is 2.14. The predicted molar refractivity (Wildman–Crippen MR) is 68.3 cm³/mol. The van der Waals surface area contributed by atoms with Crippen LogP contribution in [0, 0.1) is 0 Å². The van der Waals surface area contributed by atoms with Crippen LogP contribution in [-0.2, 0) is 0 Å². The predicted octanol–water partition coefficient (Wildman–Crippen LogP) is 3.43. The molecule has 18 heavy (non-hydrogen) atoms. The maximum absolute atomic E-state index is 11.8. The molecule has 2 rings (SSSR count). The Labute approximate surface area is 113 Å². The molecule has 3 nitrogen and oxygen atoms in total. The Kier molecular flexibility index (Phi) is 3.45. The lowest BCUT2D eigenvalue weighted by atomic mass is 9.98. The molecule has 0 amide bonds. The summed E-state index contributed by atoms with van der Waals surface area (Å²) in [5.41, 5.74) is 0.363. The Morgan fingerprint density at radius 3 is 2.50 bits per heavy atom. The van der Waals surface area contributed by atoms with Crippen molar-refractivity contribution >= 4 is 29.2 Å². The molecule has 0 heterocycles. The molecule has 0 unspecified atom stereocenters. The molecule has 0 bridgehead atoms. The first-order valence-corrected chi connectivity index (χ1v) is 5.75. The van der Waals surface area contributed by atoms with Crippen molar-refractivity contribution in [3.63, 3.8) is 0 Å². The Hall–Kier alpha value is -1.71. The van der Waals surface area contributed by atoms with Gasteiger partial charge in [0.1, 0.15) is 0 Å². The molecule has 0 saturated heterocycles. The minimum absolute atomic E-state index is 0.0756. The lowest BCUT2D eigenvalue weighted by molar-refractivity contribution is -0.267. The van der Waals surface area contributed by atoms with Crippen LogP contribution in [0.25, 0.3) is 11.1 Å². The first kappa shape index (κ1) is 12.7. The second kappa shape index (κ2) is 4.88. The number of aromatic carboxylic acids is 1. The number of hydrogen-bond donors (Lipinski definition) is 1. The zero-order valence-corrected chi connectivity index (χ0v) is 10.5. The molecule has 0 aromatic heterocycles. The van der Waals surface area contributed by atoms with E-state index in [0.717, 1.165) is 0 Å². The summed E-state index contributed by atoms with van der Waals surface area (Å²) in [7, 11) is 0. The van der Waals surface area contributed by atoms with Gasteiger partial charge >= 0.3 is 5.97 Å². The summed E-state index contributed by atoms with van der Waals surface area (Å²) in [6.45, 7) is 0. The van der Waals surface area contributed by atoms with E-state index in [1.54, 1.807) is 6.07 Å². The topological polar surface area (TPSA) is 60.4 Å². The Balaban J connectivity index is 2.74. The summed E-state index contributed by atoms with van der Waals surface area (Å²) in [5, 5.41) is 21.6. The molecule has 5 heteroatoms. The van der Waals surface area contributed by atoms with Crippen LogP contribution in [-0.4, -0.2) is 11.1 Å². The fourth-order valence-corrected chi connectivity index (χ4v) is 2.18. The number of carboxylic acid groups (broad SMARTS) is 1. The maximum atomic E-state index is 11.8. The number of benzene rings is 2. The quantitative estimate of drug-likeness (QED) is 0.917. The van der Waals surface area contributed by atoms with Gasteiger partial charge in [0, 0.05) is 15.6 Å². The van der Waals surface area contributed by atoms with E-state index in [0.29, 0.717) is 10.6 Å². The lowest BCUT2D eigenvalue weighted by Gasteiger charge is -2.17. The standard InChI is InChI=1S/C13H8Cl2O3/c14-7-4-5-8(10(15)6-7)12-9(13(17)18)2-1-3-11(12)16/h1-6,16H,(H,17,18)/p-1. The molecule has 0 radical (unpaired) electrons. The summed E-state index contributed by atoms with van der Waals surface area (Å²) >= 11 is 11.8. The average molecular weight is 282 g/mol. The lowest BCUT2D eigenvalue weighted by Crippen LogP contribution is -2.03. The Bertz CT molecular complexity index is 624. The zero-order chi connectivity index (χ0) is 13.3. The number of halogens is 2. The van der Waals surface area contributed by atoms with E-state index in [1.807, 2.05) is 0 Å². The van der Waals surface area contributed by atoms with Crippen molar-refractivity contribution in [1.82, 2.24) is 0 Å². The number of carbonyl (C=O) groups is 1. The van der Waals surface area contributed by atoms with E-state index >= 15 is 0 Å². The van der Waals surface area contributed by atoms with Crippen molar-refractivity contribution in [2.45, 2.75) is 0 Å². The molecule has 0 aliphatic carbocycles. The second-order valence-corrected chi connectivity index (χ2v) is 4.45. The van der Waals surface area contributed by atoms with Gasteiger partial charge < -0.3 is 10.2 Å². The van der Waals surface area contributed by atoms with E-state index in [4.69, 9.17) is 28.3 Å². The van der Waals surface area contributed by atoms with Crippen LogP contribution < -0.4 is 5.11 Å². The summed E-state index contributed by atoms with van der Waals surface area (Å²) < 4.78 is 0. The van der Waals surface area contributed by atoms with Crippen molar-refractivity contribution in [2.24, 2.45) is 0 Å². The van der Waals surface area contributed by atoms with Crippen LogP contribution in [0.1, 0.15) is 10.4 Å². The van der Waals surface area contributed by atoms with Crippen LogP contribution in [0.4, 0.5) is 0 Å². The van der Waals surface area contributed by atoms with E-state index < -0.39 is 5.97 Å². The first-order valence-electron chi connectivity index (χ1n) is 4.99. The molecule has 0 spiro atoms. The molecule has 92 valence electrons. The summed E-state index contributed by atoms with van der Waals surface area (Å²) in [5.74, 6) is -1.56. The largest absolute Gasteiger partial charge is 0.872 e. The summed E-state index contributed by atoms with van der Waals surface area (Å²) in [6.07, 6.45) is 0. The SMILES string of the molecule is O=C(O)c1cccc([O-])c1-c1ccc(Cl)cc1Cl. The summed E-state index contributed by atoms with van der Waals surface area (Å²) in [6, 6.07) is 8.63. The van der Waals surface area contributed by atoms with Crippen molar-refractivity contribution < 1.29 is 15.0 Å². The third-order valence-corrected chi connectivity index (χ3v) is 3.00. The van der Waals surface area contributed by atoms with Gasteiger partial charge in [-0.2, -0.15) is 0 Å². The Morgan fingerprint density at radius 1 is 1.17 bits per heavy atom. The smallest absolute Gasteiger partial charge is 0.336 e. The van der Waals surface area contributed by atoms with Crippen molar-refractivity contribution in [3.05, 3.63) is 52.0 Å². The minimum atomic E-state index is -1.17. The third-order valence-electron chi connectivity index (χ3n) is 2.46. The molecular weight excluding hydrogens is 275 g/mol. The van der Waals surface area contributed by atoms with Gasteiger partial charge in [0.2, 0.25) is 0 Å². The van der Waals surface area contributed by atoms with Crippen molar-refractivity contribution in [1.29, 1.82) is 0 Å². The van der Waals surface area contributed by atoms with E-state index in [2.05, 4.69) is 0 Å². The van der Waals surface area contributed by atoms with Crippen molar-refractivity contribution in [3.8, 4) is 16.9 Å². The highest BCUT2D eigenvalue weighted by atomic mass is 35.5. The van der Waals surface area contributed by atoms with Gasteiger partial charge in [0.25, 0.3) is 0 Å². The molecule has 0 aliphatic heterocycles. The fraction of sp³-hybridized carbons (Fsp3) is 0. The highest BCUT2D eigenvalue weighted by Crippen LogP contribution is 2.36. The van der Waals surface area contributed by atoms with Crippen LogP contribution in [0.5, 0.6) is 5.75 Å². The van der Waals surface area contributed by atoms with Gasteiger partial charge in [0.15, 0.2) is 0 Å². The first-order chi connectivity index (χ1) is 8.50. The van der Waals surface area contributed by atoms with E-state index in [1.165, 1.54) is 30.3 Å². The average Bonchev–Trinajstić information content (AvgIpc) is 2.29. The molecule has 0 fully saturated rings.